The number of piperidine rings is 1. The Morgan fingerprint density at radius 2 is 2.00 bits per heavy atom. The first-order valence-corrected chi connectivity index (χ1v) is 5.84. The molecule has 84 valence electrons. The Kier molecular flexibility index (Phi) is 3.62. The Morgan fingerprint density at radius 1 is 1.31 bits per heavy atom. The van der Waals surface area contributed by atoms with Crippen molar-refractivity contribution in [3.05, 3.63) is 29.8 Å². The zero-order chi connectivity index (χ0) is 11.4. The maximum Gasteiger partial charge on any atom is 0.250 e. The second-order valence-corrected chi connectivity index (χ2v) is 4.31. The van der Waals surface area contributed by atoms with Crippen LogP contribution in [0.5, 0.6) is 0 Å². The Hall–Kier alpha value is -1.29. The van der Waals surface area contributed by atoms with Crippen molar-refractivity contribution in [3.8, 4) is 0 Å². The second-order valence-electron chi connectivity index (χ2n) is 4.31. The Labute approximate surface area is 97.0 Å². The van der Waals surface area contributed by atoms with Crippen LogP contribution in [0.15, 0.2) is 24.3 Å². The third kappa shape index (κ3) is 2.64. The van der Waals surface area contributed by atoms with Crippen molar-refractivity contribution in [2.45, 2.75) is 18.9 Å². The summed E-state index contributed by atoms with van der Waals surface area (Å²) < 4.78 is 0. The molecule has 1 fully saturated rings. The minimum Gasteiger partial charge on any atom is -0.349 e. The molecular formula is C12H17BN2O. The van der Waals surface area contributed by atoms with Crippen molar-refractivity contribution < 1.29 is 4.79 Å². The molecule has 0 spiro atoms. The number of carbonyl (C=O) groups excluding carboxylic acids is 1. The smallest absolute Gasteiger partial charge is 0.250 e. The lowest BCUT2D eigenvalue weighted by atomic mass is 9.90. The summed E-state index contributed by atoms with van der Waals surface area (Å²) in [6.45, 7) is 2.00. The fourth-order valence-corrected chi connectivity index (χ4v) is 2.06. The summed E-state index contributed by atoms with van der Waals surface area (Å²) in [5.74, 6) is 0.0602. The van der Waals surface area contributed by atoms with Crippen LogP contribution in [0.2, 0.25) is 0 Å². The van der Waals surface area contributed by atoms with Crippen LogP contribution >= 0.6 is 0 Å². The van der Waals surface area contributed by atoms with E-state index < -0.39 is 0 Å². The molecule has 1 aliphatic heterocycles. The third-order valence-corrected chi connectivity index (χ3v) is 3.06. The van der Waals surface area contributed by atoms with Crippen LogP contribution in [0.3, 0.4) is 0 Å². The fraction of sp³-hybridized carbons (Fsp3) is 0.417. The maximum atomic E-state index is 12.0. The van der Waals surface area contributed by atoms with Crippen molar-refractivity contribution in [2.24, 2.45) is 0 Å². The van der Waals surface area contributed by atoms with E-state index in [4.69, 9.17) is 0 Å². The zero-order valence-corrected chi connectivity index (χ0v) is 9.62. The molecule has 16 heavy (non-hydrogen) atoms. The van der Waals surface area contributed by atoms with Gasteiger partial charge in [0.15, 0.2) is 0 Å². The monoisotopic (exact) mass is 216 g/mol. The van der Waals surface area contributed by atoms with Crippen LogP contribution in [0.1, 0.15) is 23.2 Å². The number of amides is 1. The Bertz CT molecular complexity index is 375. The first-order chi connectivity index (χ1) is 7.77. The maximum absolute atomic E-state index is 12.0. The number of hydrogen-bond donors (Lipinski definition) is 2. The van der Waals surface area contributed by atoms with Crippen LogP contribution in [-0.4, -0.2) is 32.9 Å². The molecule has 1 aromatic rings. The van der Waals surface area contributed by atoms with E-state index in [-0.39, 0.29) is 5.91 Å². The summed E-state index contributed by atoms with van der Waals surface area (Å²) in [6, 6.07) is 8.04. The van der Waals surface area contributed by atoms with Gasteiger partial charge >= 0.3 is 0 Å². The fourth-order valence-electron chi connectivity index (χ4n) is 2.06. The first kappa shape index (κ1) is 11.2. The molecule has 1 amide bonds. The van der Waals surface area contributed by atoms with E-state index in [1.807, 2.05) is 32.1 Å². The van der Waals surface area contributed by atoms with Gasteiger partial charge in [0.2, 0.25) is 0 Å². The van der Waals surface area contributed by atoms with E-state index >= 15 is 0 Å². The van der Waals surface area contributed by atoms with Gasteiger partial charge in [0.25, 0.3) is 5.91 Å². The lowest BCUT2D eigenvalue weighted by Crippen LogP contribution is -2.43. The summed E-state index contributed by atoms with van der Waals surface area (Å²) >= 11 is 0. The number of nitrogens with one attached hydrogen (secondary N) is 2. The van der Waals surface area contributed by atoms with Crippen LogP contribution in [0, 0.1) is 0 Å². The molecular weight excluding hydrogens is 199 g/mol. The van der Waals surface area contributed by atoms with E-state index in [2.05, 4.69) is 10.6 Å². The molecule has 1 heterocycles. The van der Waals surface area contributed by atoms with Crippen LogP contribution in [0.25, 0.3) is 0 Å². The van der Waals surface area contributed by atoms with Gasteiger partial charge in [-0.3, -0.25) is 4.79 Å². The minimum absolute atomic E-state index is 0.0602. The molecule has 0 aliphatic carbocycles. The standard InChI is InChI=1S/C12H17BN2O/c13-11-4-2-1-3-10(11)12(16)15-9-5-7-14-8-6-9/h1-4,9,14H,5-8,13H2,(H,15,16). The van der Waals surface area contributed by atoms with Crippen LogP contribution < -0.4 is 16.1 Å². The third-order valence-electron chi connectivity index (χ3n) is 3.06. The van der Waals surface area contributed by atoms with Gasteiger partial charge in [-0.25, -0.2) is 0 Å². The average molecular weight is 216 g/mol. The number of carbonyl (C=O) groups is 1. The molecule has 2 N–H and O–H groups in total. The van der Waals surface area contributed by atoms with Gasteiger partial charge in [-0.15, -0.1) is 0 Å². The predicted molar refractivity (Wildman–Crippen MR) is 68.0 cm³/mol. The summed E-state index contributed by atoms with van der Waals surface area (Å²) in [5.41, 5.74) is 1.83. The number of benzene rings is 1. The van der Waals surface area contributed by atoms with Gasteiger partial charge in [-0.2, -0.15) is 0 Å². The summed E-state index contributed by atoms with van der Waals surface area (Å²) in [6.07, 6.45) is 2.05. The molecule has 1 aliphatic rings. The Balaban J connectivity index is 2.00. The normalized spacial score (nSPS) is 17.0. The highest BCUT2D eigenvalue weighted by atomic mass is 16.1. The van der Waals surface area contributed by atoms with Gasteiger partial charge in [0.05, 0.1) is 0 Å². The van der Waals surface area contributed by atoms with Gasteiger partial charge < -0.3 is 10.6 Å². The largest absolute Gasteiger partial charge is 0.349 e. The molecule has 0 bridgehead atoms. The summed E-state index contributed by atoms with van der Waals surface area (Å²) in [5, 5.41) is 6.38. The molecule has 1 aromatic carbocycles. The van der Waals surface area contributed by atoms with Crippen molar-refractivity contribution in [1.82, 2.24) is 10.6 Å². The van der Waals surface area contributed by atoms with Gasteiger partial charge in [-0.1, -0.05) is 29.7 Å². The van der Waals surface area contributed by atoms with E-state index in [1.54, 1.807) is 0 Å². The van der Waals surface area contributed by atoms with E-state index in [0.29, 0.717) is 6.04 Å². The van der Waals surface area contributed by atoms with E-state index in [0.717, 1.165) is 37.0 Å². The molecule has 3 nitrogen and oxygen atoms in total. The summed E-state index contributed by atoms with van der Waals surface area (Å²) in [7, 11) is 1.97. The summed E-state index contributed by atoms with van der Waals surface area (Å²) in [4.78, 5) is 12.0. The molecule has 4 heteroatoms. The molecule has 0 atom stereocenters. The number of hydrogen-bond acceptors (Lipinski definition) is 2. The van der Waals surface area contributed by atoms with Crippen molar-refractivity contribution in [1.29, 1.82) is 0 Å². The lowest BCUT2D eigenvalue weighted by molar-refractivity contribution is 0.0931. The van der Waals surface area contributed by atoms with Crippen molar-refractivity contribution in [2.75, 3.05) is 13.1 Å². The average Bonchev–Trinajstić information content (AvgIpc) is 2.31. The highest BCUT2D eigenvalue weighted by Gasteiger charge is 2.16. The van der Waals surface area contributed by atoms with Gasteiger partial charge in [-0.05, 0) is 25.9 Å². The second kappa shape index (κ2) is 5.17. The Morgan fingerprint density at radius 3 is 2.69 bits per heavy atom. The quantitative estimate of drug-likeness (QED) is 0.650. The first-order valence-electron chi connectivity index (χ1n) is 5.84. The van der Waals surface area contributed by atoms with Crippen LogP contribution in [0.4, 0.5) is 0 Å². The highest BCUT2D eigenvalue weighted by molar-refractivity contribution is 6.36. The molecule has 0 aromatic heterocycles. The molecule has 0 unspecified atom stereocenters. The highest BCUT2D eigenvalue weighted by Crippen LogP contribution is 2.03. The lowest BCUT2D eigenvalue weighted by Gasteiger charge is -2.24. The molecule has 0 saturated carbocycles. The number of rotatable bonds is 2. The minimum atomic E-state index is 0.0602. The van der Waals surface area contributed by atoms with Crippen LogP contribution in [-0.2, 0) is 0 Å². The predicted octanol–water partition coefficient (Wildman–Crippen LogP) is -0.573. The van der Waals surface area contributed by atoms with Gasteiger partial charge in [0.1, 0.15) is 7.85 Å². The molecule has 1 saturated heterocycles. The molecule has 0 radical (unpaired) electrons. The van der Waals surface area contributed by atoms with E-state index in [9.17, 15) is 4.79 Å². The SMILES string of the molecule is Bc1ccccc1C(=O)NC1CCNCC1. The zero-order valence-electron chi connectivity index (χ0n) is 9.62. The molecule has 2 rings (SSSR count). The topological polar surface area (TPSA) is 41.1 Å². The van der Waals surface area contributed by atoms with Gasteiger partial charge in [0, 0.05) is 11.6 Å². The van der Waals surface area contributed by atoms with Crippen molar-refractivity contribution in [3.63, 3.8) is 0 Å². The van der Waals surface area contributed by atoms with E-state index in [1.165, 1.54) is 0 Å². The van der Waals surface area contributed by atoms with Crippen molar-refractivity contribution >= 4 is 19.2 Å².